The van der Waals surface area contributed by atoms with Gasteiger partial charge in [0.1, 0.15) is 17.5 Å². The predicted octanol–water partition coefficient (Wildman–Crippen LogP) is 5.82. The quantitative estimate of drug-likeness (QED) is 0.0519. The van der Waals surface area contributed by atoms with Gasteiger partial charge in [0.2, 0.25) is 14.9 Å². The Morgan fingerprint density at radius 1 is 1.02 bits per heavy atom. The minimum absolute atomic E-state index is 0.0617. The van der Waals surface area contributed by atoms with Crippen LogP contribution in [0.25, 0.3) is 10.8 Å². The van der Waals surface area contributed by atoms with E-state index in [9.17, 15) is 14.4 Å². The van der Waals surface area contributed by atoms with E-state index >= 15 is 0 Å². The van der Waals surface area contributed by atoms with Crippen LogP contribution in [0, 0.1) is 12.3 Å². The number of esters is 1. The SMILES string of the molecule is CC(C)OC(=O)C(C)NP(Oc1cccc2ccccc12)N1CCC(NC(=O)/C(N)=C(/C=N)NC=O)CC1.Cc1c(Cl)cccc1Cl. The van der Waals surface area contributed by atoms with Gasteiger partial charge >= 0.3 is 5.97 Å². The number of nitrogens with one attached hydrogen (secondary N) is 4. The summed E-state index contributed by atoms with van der Waals surface area (Å²) in [5.74, 6) is -0.195. The van der Waals surface area contributed by atoms with Crippen LogP contribution in [0.5, 0.6) is 5.75 Å². The lowest BCUT2D eigenvalue weighted by Gasteiger charge is -2.37. The largest absolute Gasteiger partial charge is 0.462 e. The molecule has 0 aliphatic carbocycles. The Hall–Kier alpha value is -3.73. The molecule has 2 amide bonds. The number of rotatable bonds is 12. The zero-order valence-electron chi connectivity index (χ0n) is 26.8. The number of nitrogens with two attached hydrogens (primary N) is 1. The summed E-state index contributed by atoms with van der Waals surface area (Å²) in [6, 6.07) is 18.5. The van der Waals surface area contributed by atoms with Crippen molar-refractivity contribution >= 4 is 66.9 Å². The van der Waals surface area contributed by atoms with Crippen molar-refractivity contribution in [2.45, 2.75) is 58.7 Å². The Morgan fingerprint density at radius 2 is 1.64 bits per heavy atom. The second kappa shape index (κ2) is 18.6. The van der Waals surface area contributed by atoms with Crippen LogP contribution in [0.2, 0.25) is 10.0 Å². The molecule has 1 fully saturated rings. The highest BCUT2D eigenvalue weighted by atomic mass is 35.5. The van der Waals surface area contributed by atoms with Crippen molar-refractivity contribution in [1.82, 2.24) is 20.4 Å². The van der Waals surface area contributed by atoms with Gasteiger partial charge in [0, 0.05) is 40.8 Å². The number of allylic oxidation sites excluding steroid dienone is 1. The maximum absolute atomic E-state index is 12.5. The smallest absolute Gasteiger partial charge is 0.323 e. The molecule has 6 N–H and O–H groups in total. The highest BCUT2D eigenvalue weighted by molar-refractivity contribution is 7.48. The van der Waals surface area contributed by atoms with Crippen LogP contribution in [-0.4, -0.2) is 60.4 Å². The van der Waals surface area contributed by atoms with Crippen LogP contribution in [0.4, 0.5) is 0 Å². The number of hydrogen-bond donors (Lipinski definition) is 5. The van der Waals surface area contributed by atoms with Crippen molar-refractivity contribution in [3.05, 3.63) is 87.7 Å². The van der Waals surface area contributed by atoms with Crippen molar-refractivity contribution in [2.24, 2.45) is 5.73 Å². The summed E-state index contributed by atoms with van der Waals surface area (Å²) in [5, 5.41) is 19.2. The first-order valence-corrected chi connectivity index (χ1v) is 17.0. The molecule has 252 valence electrons. The van der Waals surface area contributed by atoms with E-state index in [0.717, 1.165) is 32.6 Å². The molecule has 0 spiro atoms. The molecule has 1 heterocycles. The summed E-state index contributed by atoms with van der Waals surface area (Å²) < 4.78 is 14.0. The third-order valence-electron chi connectivity index (χ3n) is 7.10. The molecule has 3 aromatic rings. The normalized spacial score (nSPS) is 15.4. The highest BCUT2D eigenvalue weighted by Crippen LogP contribution is 2.43. The fourth-order valence-corrected chi connectivity index (χ4v) is 6.61. The van der Waals surface area contributed by atoms with E-state index in [1.807, 2.05) is 67.6 Å². The third kappa shape index (κ3) is 11.2. The molecule has 0 saturated carbocycles. The van der Waals surface area contributed by atoms with Gasteiger partial charge in [-0.05, 0) is 69.7 Å². The lowest BCUT2D eigenvalue weighted by molar-refractivity contribution is -0.149. The predicted molar refractivity (Wildman–Crippen MR) is 188 cm³/mol. The minimum Gasteiger partial charge on any atom is -0.462 e. The number of carbonyl (C=O) groups excluding carboxylic acids is 3. The second-order valence-corrected chi connectivity index (χ2v) is 13.3. The second-order valence-electron chi connectivity index (χ2n) is 11.0. The Balaban J connectivity index is 0.000000573. The number of amides is 2. The van der Waals surface area contributed by atoms with Gasteiger partial charge in [0.15, 0.2) is 0 Å². The van der Waals surface area contributed by atoms with E-state index in [4.69, 9.17) is 43.6 Å². The number of ether oxygens (including phenoxy) is 1. The van der Waals surface area contributed by atoms with Crippen molar-refractivity contribution in [1.29, 1.82) is 5.41 Å². The van der Waals surface area contributed by atoms with Crippen LogP contribution in [0.3, 0.4) is 0 Å². The summed E-state index contributed by atoms with van der Waals surface area (Å²) in [6.07, 6.45) is 2.19. The fourth-order valence-electron chi connectivity index (χ4n) is 4.51. The van der Waals surface area contributed by atoms with E-state index in [1.165, 1.54) is 0 Å². The van der Waals surface area contributed by atoms with E-state index in [-0.39, 0.29) is 29.5 Å². The molecule has 3 aromatic carbocycles. The van der Waals surface area contributed by atoms with Crippen LogP contribution in [0.15, 0.2) is 72.1 Å². The highest BCUT2D eigenvalue weighted by Gasteiger charge is 2.32. The summed E-state index contributed by atoms with van der Waals surface area (Å²) in [4.78, 5) is 35.7. The zero-order chi connectivity index (χ0) is 34.5. The van der Waals surface area contributed by atoms with Crippen LogP contribution in [-0.2, 0) is 19.1 Å². The number of carbonyl (C=O) groups is 3. The van der Waals surface area contributed by atoms with Gasteiger partial charge < -0.3 is 31.0 Å². The molecular formula is C33H41Cl2N6O5P. The van der Waals surface area contributed by atoms with Crippen LogP contribution < -0.4 is 26.0 Å². The molecule has 4 rings (SSSR count). The maximum atomic E-state index is 12.5. The number of halogens is 2. The number of piperidine rings is 1. The van der Waals surface area contributed by atoms with Gasteiger partial charge in [-0.1, -0.05) is 65.7 Å². The molecule has 1 saturated heterocycles. The van der Waals surface area contributed by atoms with Gasteiger partial charge in [0.25, 0.3) is 5.91 Å². The van der Waals surface area contributed by atoms with Crippen molar-refractivity contribution in [2.75, 3.05) is 13.1 Å². The first-order valence-electron chi connectivity index (χ1n) is 15.0. The Morgan fingerprint density at radius 3 is 2.23 bits per heavy atom. The molecule has 0 bridgehead atoms. The zero-order valence-corrected chi connectivity index (χ0v) is 29.2. The molecule has 0 radical (unpaired) electrons. The third-order valence-corrected chi connectivity index (χ3v) is 9.81. The van der Waals surface area contributed by atoms with Crippen LogP contribution in [0.1, 0.15) is 39.2 Å². The van der Waals surface area contributed by atoms with Crippen molar-refractivity contribution in [3.8, 4) is 5.75 Å². The maximum Gasteiger partial charge on any atom is 0.323 e. The lowest BCUT2D eigenvalue weighted by atomic mass is 10.1. The van der Waals surface area contributed by atoms with Crippen molar-refractivity contribution in [3.63, 3.8) is 0 Å². The monoisotopic (exact) mass is 702 g/mol. The molecule has 0 aromatic heterocycles. The minimum atomic E-state index is -1.44. The van der Waals surface area contributed by atoms with Gasteiger partial charge in [-0.15, -0.1) is 0 Å². The molecule has 2 atom stereocenters. The number of fused-ring (bicyclic) bond motifs is 1. The Labute approximate surface area is 286 Å². The molecule has 11 nitrogen and oxygen atoms in total. The molecule has 14 heteroatoms. The number of benzene rings is 3. The molecule has 1 aliphatic heterocycles. The molecule has 2 unspecified atom stereocenters. The first kappa shape index (κ1) is 37.7. The Kier molecular flexibility index (Phi) is 14.9. The van der Waals surface area contributed by atoms with E-state index < -0.39 is 20.4 Å². The van der Waals surface area contributed by atoms with Gasteiger partial charge in [-0.3, -0.25) is 14.4 Å². The van der Waals surface area contributed by atoms with E-state index in [2.05, 4.69) is 20.4 Å². The Bertz CT molecular complexity index is 1560. The average Bonchev–Trinajstić information content (AvgIpc) is 3.06. The van der Waals surface area contributed by atoms with Gasteiger partial charge in [0.05, 0.1) is 11.8 Å². The topological polar surface area (TPSA) is 159 Å². The number of nitrogens with zero attached hydrogens (tertiary/aromatic N) is 1. The summed E-state index contributed by atoms with van der Waals surface area (Å²) in [5.41, 5.74) is 6.47. The lowest BCUT2D eigenvalue weighted by Crippen LogP contribution is -2.47. The fraction of sp³-hybridized carbons (Fsp3) is 0.333. The summed E-state index contributed by atoms with van der Waals surface area (Å²) in [7, 11) is -1.44. The average molecular weight is 704 g/mol. The van der Waals surface area contributed by atoms with Gasteiger partial charge in [-0.2, -0.15) is 0 Å². The first-order chi connectivity index (χ1) is 22.4. The van der Waals surface area contributed by atoms with Crippen molar-refractivity contribution < 1.29 is 23.6 Å². The molecular weight excluding hydrogens is 662 g/mol. The van der Waals surface area contributed by atoms with E-state index in [1.54, 1.807) is 20.8 Å². The van der Waals surface area contributed by atoms with E-state index in [0.29, 0.717) is 38.1 Å². The molecule has 47 heavy (non-hydrogen) atoms. The number of hydrogen-bond acceptors (Lipinski definition) is 9. The summed E-state index contributed by atoms with van der Waals surface area (Å²) in [6.45, 7) is 8.44. The standard InChI is InChI=1S/C26H35N6O5P.C7H6Cl2/c1-17(2)36-26(35)18(3)31-38(37-23-10-6-8-19-7-4-5-9-21(19)23)32-13-11-20(12-14-32)30-25(34)24(28)22(15-27)29-16-33;1-5-6(8)3-2-4-7(5)9/h4-10,15-18,20,27,31H,11-14,28H2,1-3H3,(H,29,33)(H,30,34);2-4H,1H3/b24-22+,27-15?;. The van der Waals surface area contributed by atoms with Gasteiger partial charge in [-0.25, -0.2) is 9.76 Å². The van der Waals surface area contributed by atoms with Crippen LogP contribution >= 0.6 is 31.7 Å². The molecule has 1 aliphatic rings. The summed E-state index contributed by atoms with van der Waals surface area (Å²) >= 11 is 11.5.